The second-order valence-corrected chi connectivity index (χ2v) is 11.4. The van der Waals surface area contributed by atoms with Crippen LogP contribution in [0.3, 0.4) is 0 Å². The van der Waals surface area contributed by atoms with Gasteiger partial charge in [0.2, 0.25) is 5.91 Å². The van der Waals surface area contributed by atoms with E-state index >= 15 is 0 Å². The summed E-state index contributed by atoms with van der Waals surface area (Å²) in [5.74, 6) is 1.78. The summed E-state index contributed by atoms with van der Waals surface area (Å²) in [5.41, 5.74) is -0.282. The number of urea groups is 1. The van der Waals surface area contributed by atoms with Crippen LogP contribution in [-0.4, -0.2) is 35.3 Å². The zero-order chi connectivity index (χ0) is 22.0. The molecule has 5 aliphatic rings. The summed E-state index contributed by atoms with van der Waals surface area (Å²) in [6.45, 7) is 3.56. The van der Waals surface area contributed by atoms with Gasteiger partial charge in [0.05, 0.1) is 0 Å². The molecule has 1 aromatic carbocycles. The minimum Gasteiger partial charge on any atom is -0.352 e. The van der Waals surface area contributed by atoms with Gasteiger partial charge in [0.1, 0.15) is 12.1 Å². The molecule has 166 valence electrons. The van der Waals surface area contributed by atoms with Crippen molar-refractivity contribution in [2.24, 2.45) is 23.2 Å². The fourth-order valence-corrected chi connectivity index (χ4v) is 7.38. The van der Waals surface area contributed by atoms with E-state index in [2.05, 4.69) is 33.5 Å². The SMILES string of the molecule is C[C@@H](NC(=O)CN1C(=O)N[C@](C)(c2ccc(Br)cc2)C1=O)C12CC3CC(CC(C3)C1)C2. The molecular formula is C24H30BrN3O3. The van der Waals surface area contributed by atoms with E-state index in [-0.39, 0.29) is 23.9 Å². The molecule has 0 spiro atoms. The van der Waals surface area contributed by atoms with Crippen molar-refractivity contribution in [3.05, 3.63) is 34.3 Å². The summed E-state index contributed by atoms with van der Waals surface area (Å²) < 4.78 is 0.895. The number of benzene rings is 1. The summed E-state index contributed by atoms with van der Waals surface area (Å²) >= 11 is 3.39. The summed E-state index contributed by atoms with van der Waals surface area (Å²) in [6.07, 6.45) is 7.67. The molecule has 0 radical (unpaired) electrons. The van der Waals surface area contributed by atoms with Gasteiger partial charge in [-0.2, -0.15) is 0 Å². The Hall–Kier alpha value is -1.89. The third kappa shape index (κ3) is 3.49. The fraction of sp³-hybridized carbons (Fsp3) is 0.625. The topological polar surface area (TPSA) is 78.5 Å². The molecule has 6 nitrogen and oxygen atoms in total. The molecule has 2 atom stereocenters. The first-order valence-electron chi connectivity index (χ1n) is 11.4. The van der Waals surface area contributed by atoms with E-state index in [1.54, 1.807) is 19.1 Å². The molecule has 4 aliphatic carbocycles. The molecule has 1 aromatic rings. The largest absolute Gasteiger partial charge is 0.352 e. The van der Waals surface area contributed by atoms with Gasteiger partial charge < -0.3 is 10.6 Å². The average molecular weight is 488 g/mol. The quantitative estimate of drug-likeness (QED) is 0.617. The maximum absolute atomic E-state index is 13.1. The van der Waals surface area contributed by atoms with Crippen LogP contribution in [0.15, 0.2) is 28.7 Å². The maximum atomic E-state index is 13.1. The van der Waals surface area contributed by atoms with Crippen molar-refractivity contribution < 1.29 is 14.4 Å². The van der Waals surface area contributed by atoms with Crippen molar-refractivity contribution in [1.82, 2.24) is 15.5 Å². The van der Waals surface area contributed by atoms with Crippen molar-refractivity contribution in [3.63, 3.8) is 0 Å². The number of nitrogens with one attached hydrogen (secondary N) is 2. The molecule has 6 rings (SSSR count). The molecule has 1 heterocycles. The molecule has 0 aromatic heterocycles. The first-order chi connectivity index (χ1) is 14.7. The van der Waals surface area contributed by atoms with Gasteiger partial charge >= 0.3 is 6.03 Å². The van der Waals surface area contributed by atoms with Crippen molar-refractivity contribution in [3.8, 4) is 0 Å². The maximum Gasteiger partial charge on any atom is 0.325 e. The van der Waals surface area contributed by atoms with Gasteiger partial charge in [0, 0.05) is 10.5 Å². The number of nitrogens with zero attached hydrogens (tertiary/aromatic N) is 1. The zero-order valence-electron chi connectivity index (χ0n) is 18.1. The van der Waals surface area contributed by atoms with E-state index in [9.17, 15) is 14.4 Å². The summed E-state index contributed by atoms with van der Waals surface area (Å²) in [4.78, 5) is 39.6. The minimum absolute atomic E-state index is 0.0621. The van der Waals surface area contributed by atoms with Crippen LogP contribution < -0.4 is 10.6 Å². The predicted molar refractivity (Wildman–Crippen MR) is 120 cm³/mol. The van der Waals surface area contributed by atoms with Crippen molar-refractivity contribution >= 4 is 33.8 Å². The van der Waals surface area contributed by atoms with Crippen LogP contribution in [0.2, 0.25) is 0 Å². The smallest absolute Gasteiger partial charge is 0.325 e. The first-order valence-corrected chi connectivity index (χ1v) is 12.2. The van der Waals surface area contributed by atoms with E-state index in [1.807, 2.05) is 12.1 Å². The van der Waals surface area contributed by atoms with E-state index in [0.717, 1.165) is 27.1 Å². The predicted octanol–water partition coefficient (Wildman–Crippen LogP) is 3.94. The van der Waals surface area contributed by atoms with Crippen LogP contribution in [0.5, 0.6) is 0 Å². The lowest BCUT2D eigenvalue weighted by Gasteiger charge is -2.59. The Balaban J connectivity index is 1.26. The van der Waals surface area contributed by atoms with Crippen LogP contribution in [0.25, 0.3) is 0 Å². The van der Waals surface area contributed by atoms with Gasteiger partial charge in [-0.3, -0.25) is 14.5 Å². The number of hydrogen-bond donors (Lipinski definition) is 2. The number of carbonyl (C=O) groups excluding carboxylic acids is 3. The van der Waals surface area contributed by atoms with Gasteiger partial charge in [-0.15, -0.1) is 0 Å². The van der Waals surface area contributed by atoms with E-state index < -0.39 is 17.5 Å². The normalized spacial score (nSPS) is 37.1. The van der Waals surface area contributed by atoms with Gasteiger partial charge in [-0.05, 0) is 93.2 Å². The molecule has 31 heavy (non-hydrogen) atoms. The van der Waals surface area contributed by atoms with Crippen molar-refractivity contribution in [2.45, 2.75) is 64.0 Å². The van der Waals surface area contributed by atoms with E-state index in [1.165, 1.54) is 38.5 Å². The highest BCUT2D eigenvalue weighted by Gasteiger charge is 2.54. The molecule has 1 saturated heterocycles. The van der Waals surface area contributed by atoms with E-state index in [4.69, 9.17) is 0 Å². The fourth-order valence-electron chi connectivity index (χ4n) is 7.11. The van der Waals surface area contributed by atoms with Gasteiger partial charge in [-0.25, -0.2) is 4.79 Å². The Labute approximate surface area is 191 Å². The summed E-state index contributed by atoms with van der Waals surface area (Å²) in [5, 5.41) is 5.94. The van der Waals surface area contributed by atoms with Crippen LogP contribution in [0.1, 0.15) is 57.9 Å². The summed E-state index contributed by atoms with van der Waals surface area (Å²) in [7, 11) is 0. The Bertz CT molecular complexity index is 895. The lowest BCUT2D eigenvalue weighted by atomic mass is 9.48. The molecule has 4 saturated carbocycles. The Morgan fingerprint density at radius 1 is 1.13 bits per heavy atom. The van der Waals surface area contributed by atoms with Crippen LogP contribution >= 0.6 is 15.9 Å². The summed E-state index contributed by atoms with van der Waals surface area (Å²) in [6, 6.07) is 6.83. The highest BCUT2D eigenvalue weighted by Crippen LogP contribution is 2.61. The standard InChI is InChI=1S/C24H30BrN3O3/c1-14(24-10-15-7-16(11-24)9-17(8-15)12-24)26-20(29)13-28-21(30)23(2,27-22(28)31)18-3-5-19(25)6-4-18/h3-6,14-17H,7-13H2,1-2H3,(H,26,29)(H,27,31)/t14-,15?,16?,17?,23-,24?/m1/s1. The third-order valence-electron chi connectivity index (χ3n) is 8.38. The highest BCUT2D eigenvalue weighted by molar-refractivity contribution is 9.10. The second-order valence-electron chi connectivity index (χ2n) is 10.5. The average Bonchev–Trinajstić information content (AvgIpc) is 2.91. The Kier molecular flexibility index (Phi) is 4.96. The Morgan fingerprint density at radius 3 is 2.23 bits per heavy atom. The number of hydrogen-bond acceptors (Lipinski definition) is 3. The van der Waals surface area contributed by atoms with Crippen molar-refractivity contribution in [2.75, 3.05) is 6.54 Å². The molecular weight excluding hydrogens is 458 g/mol. The molecule has 7 heteroatoms. The second kappa shape index (κ2) is 7.32. The first kappa shape index (κ1) is 21.0. The van der Waals surface area contributed by atoms with Crippen LogP contribution in [0.4, 0.5) is 4.79 Å². The number of rotatable bonds is 5. The van der Waals surface area contributed by atoms with Crippen LogP contribution in [0, 0.1) is 23.2 Å². The third-order valence-corrected chi connectivity index (χ3v) is 8.91. The monoisotopic (exact) mass is 487 g/mol. The van der Waals surface area contributed by atoms with Gasteiger partial charge in [0.25, 0.3) is 5.91 Å². The molecule has 5 fully saturated rings. The molecule has 4 amide bonds. The number of imide groups is 1. The van der Waals surface area contributed by atoms with Crippen molar-refractivity contribution in [1.29, 1.82) is 0 Å². The molecule has 4 bridgehead atoms. The van der Waals surface area contributed by atoms with Gasteiger partial charge in [-0.1, -0.05) is 28.1 Å². The number of carbonyl (C=O) groups is 3. The molecule has 2 N–H and O–H groups in total. The lowest BCUT2D eigenvalue weighted by molar-refractivity contribution is -0.136. The lowest BCUT2D eigenvalue weighted by Crippen LogP contribution is -2.57. The van der Waals surface area contributed by atoms with Crippen LogP contribution in [-0.2, 0) is 15.1 Å². The van der Waals surface area contributed by atoms with E-state index in [0.29, 0.717) is 5.56 Å². The number of amides is 4. The molecule has 1 aliphatic heterocycles. The Morgan fingerprint density at radius 2 is 1.68 bits per heavy atom. The minimum atomic E-state index is -1.16. The number of halogens is 1. The van der Waals surface area contributed by atoms with Gasteiger partial charge in [0.15, 0.2) is 0 Å². The highest BCUT2D eigenvalue weighted by atomic mass is 79.9. The zero-order valence-corrected chi connectivity index (χ0v) is 19.7. The molecule has 0 unspecified atom stereocenters.